The van der Waals surface area contributed by atoms with Crippen LogP contribution in [0.15, 0.2) is 0 Å². The number of carboxylic acids is 2. The molecule has 10 nitrogen and oxygen atoms in total. The molecule has 1 unspecified atom stereocenters. The van der Waals surface area contributed by atoms with Gasteiger partial charge < -0.3 is 37.9 Å². The van der Waals surface area contributed by atoms with Crippen molar-refractivity contribution in [2.45, 2.75) is 72.3 Å². The molecule has 0 spiro atoms. The SMILES string of the molecule is C.CC[NH+](CC)CCCCC(C(=O)O)C(=O)O.O=[P+]([O-])O[O-].[CH2-][C@@H]1CCCC[C@H]1[NH-].[HH].[Pt+2]. The third kappa shape index (κ3) is 22.5. The molecule has 31 heavy (non-hydrogen) atoms. The largest absolute Gasteiger partial charge is 2.00 e. The molecule has 0 aromatic carbocycles. The maximum Gasteiger partial charge on any atom is 2.00 e. The van der Waals surface area contributed by atoms with E-state index >= 15 is 0 Å². The number of unbranched alkanes of at least 4 members (excludes halogenated alkanes) is 1. The first-order chi connectivity index (χ1) is 13.6. The Kier molecular flexibility index (Phi) is 29.5. The zero-order valence-corrected chi connectivity index (χ0v) is 20.8. The maximum absolute atomic E-state index is 10.6. The minimum absolute atomic E-state index is 0. The molecule has 0 aromatic heterocycles. The van der Waals surface area contributed by atoms with Crippen LogP contribution in [0.5, 0.6) is 0 Å². The molecule has 0 aliphatic heterocycles. The van der Waals surface area contributed by atoms with Gasteiger partial charge in [-0.05, 0) is 37.7 Å². The van der Waals surface area contributed by atoms with E-state index in [4.69, 9.17) is 30.7 Å². The first-order valence-corrected chi connectivity index (χ1v) is 11.0. The van der Waals surface area contributed by atoms with Crippen LogP contribution >= 0.6 is 8.25 Å². The van der Waals surface area contributed by atoms with Gasteiger partial charge in [-0.1, -0.05) is 33.1 Å². The van der Waals surface area contributed by atoms with E-state index in [-0.39, 0.29) is 42.4 Å². The Labute approximate surface area is 203 Å². The fraction of sp³-hybridized carbons (Fsp3) is 0.842. The number of nitrogens with one attached hydrogen (secondary N) is 2. The van der Waals surface area contributed by atoms with Crippen LogP contribution in [0.2, 0.25) is 0 Å². The number of carboxylic acid groups (broad SMARTS) is 2. The summed E-state index contributed by atoms with van der Waals surface area (Å²) in [6, 6.07) is 0.142. The molecule has 190 valence electrons. The second-order valence-electron chi connectivity index (χ2n) is 6.88. The molecule has 1 fully saturated rings. The van der Waals surface area contributed by atoms with E-state index in [9.17, 15) is 9.59 Å². The van der Waals surface area contributed by atoms with Gasteiger partial charge >= 0.3 is 41.3 Å². The Hall–Kier alpha value is -0.472. The van der Waals surface area contributed by atoms with Crippen molar-refractivity contribution in [3.8, 4) is 0 Å². The molecule has 1 aliphatic carbocycles. The zero-order valence-electron chi connectivity index (χ0n) is 17.6. The van der Waals surface area contributed by atoms with Crippen molar-refractivity contribution in [2.75, 3.05) is 19.6 Å². The van der Waals surface area contributed by atoms with E-state index in [0.29, 0.717) is 12.3 Å². The van der Waals surface area contributed by atoms with Gasteiger partial charge in [-0.2, -0.15) is 12.0 Å². The summed E-state index contributed by atoms with van der Waals surface area (Å²) in [5, 5.41) is 25.9. The van der Waals surface area contributed by atoms with Gasteiger partial charge in [-0.15, -0.1) is 0 Å². The van der Waals surface area contributed by atoms with Gasteiger partial charge in [0.1, 0.15) is 0 Å². The number of aliphatic carboxylic acids is 2. The predicted octanol–water partition coefficient (Wildman–Crippen LogP) is 1.47. The summed E-state index contributed by atoms with van der Waals surface area (Å²) in [5.74, 6) is -3.29. The fourth-order valence-corrected chi connectivity index (χ4v) is 2.89. The Morgan fingerprint density at radius 1 is 1.23 bits per heavy atom. The normalized spacial score (nSPS) is 17.7. The summed E-state index contributed by atoms with van der Waals surface area (Å²) in [6.45, 7) is 11.2. The molecule has 0 bridgehead atoms. The van der Waals surface area contributed by atoms with Crippen LogP contribution in [-0.4, -0.2) is 47.8 Å². The molecule has 4 N–H and O–H groups in total. The third-order valence-electron chi connectivity index (χ3n) is 4.84. The monoisotopic (exact) mass is 651 g/mol. The van der Waals surface area contributed by atoms with Crippen LogP contribution in [0.25, 0.3) is 5.73 Å². The zero-order chi connectivity index (χ0) is 22.8. The summed E-state index contributed by atoms with van der Waals surface area (Å²) < 4.78 is 11.3. The minimum atomic E-state index is -3.15. The van der Waals surface area contributed by atoms with E-state index in [0.717, 1.165) is 32.5 Å². The van der Waals surface area contributed by atoms with Crippen LogP contribution in [0.3, 0.4) is 0 Å². The summed E-state index contributed by atoms with van der Waals surface area (Å²) in [4.78, 5) is 31.5. The second kappa shape index (κ2) is 24.2. The number of carbonyl (C=O) groups is 2. The molecule has 1 aliphatic rings. The molecule has 0 aromatic rings. The van der Waals surface area contributed by atoms with Crippen LogP contribution in [0, 0.1) is 18.8 Å². The number of hydrogen-bond acceptors (Lipinski definition) is 6. The van der Waals surface area contributed by atoms with Crippen molar-refractivity contribution >= 4 is 20.2 Å². The van der Waals surface area contributed by atoms with Gasteiger partial charge in [-0.25, -0.2) is 4.67 Å². The standard InChI is InChI=1S/C11H21NO4.C7H13N.CH4.HO4P.Pt.H2/c1-3-12(4-2)8-6-5-7-9(10(13)14)11(15)16;1-6-4-2-3-5-7(6)8;;1-4-5(2)3;;/h9H,3-8H2,1-2H3,(H,13,14)(H,15,16);6-8H,1-5H2;1H4;1H;;1H/q;-2;;;+2;/t;6-,7-;;;;/m.1..../s1. The Morgan fingerprint density at radius 3 is 1.97 bits per heavy atom. The van der Waals surface area contributed by atoms with E-state index in [1.807, 2.05) is 0 Å². The van der Waals surface area contributed by atoms with Crippen molar-refractivity contribution in [3.63, 3.8) is 0 Å². The van der Waals surface area contributed by atoms with Crippen LogP contribution in [-0.2, 0) is 39.9 Å². The van der Waals surface area contributed by atoms with Crippen LogP contribution in [0.4, 0.5) is 0 Å². The quantitative estimate of drug-likeness (QED) is 0.0795. The van der Waals surface area contributed by atoms with E-state index < -0.39 is 26.1 Å². The summed E-state index contributed by atoms with van der Waals surface area (Å²) >= 11 is 0. The van der Waals surface area contributed by atoms with Crippen LogP contribution in [0.1, 0.15) is 67.6 Å². The molecule has 3 atom stereocenters. The van der Waals surface area contributed by atoms with E-state index in [1.165, 1.54) is 24.2 Å². The molecule has 0 radical (unpaired) electrons. The number of hydrogen-bond donors (Lipinski definition) is 3. The molecular weight excluding hydrogens is 610 g/mol. The Morgan fingerprint density at radius 2 is 1.68 bits per heavy atom. The van der Waals surface area contributed by atoms with Gasteiger partial charge in [0.2, 0.25) is 0 Å². The first kappa shape index (κ1) is 37.8. The molecule has 1 saturated carbocycles. The molecule has 12 heteroatoms. The van der Waals surface area contributed by atoms with Crippen molar-refractivity contribution < 1.29 is 66.6 Å². The summed E-state index contributed by atoms with van der Waals surface area (Å²) in [6.07, 6.45) is 6.57. The molecular formula is C19H41N2O8PPt. The summed E-state index contributed by atoms with van der Waals surface area (Å²) in [5.41, 5.74) is 7.42. The molecule has 0 heterocycles. The van der Waals surface area contributed by atoms with Crippen molar-refractivity contribution in [3.05, 3.63) is 12.7 Å². The summed E-state index contributed by atoms with van der Waals surface area (Å²) in [7, 11) is -3.15. The van der Waals surface area contributed by atoms with Crippen LogP contribution < -0.4 is 15.1 Å². The number of quaternary nitrogens is 1. The van der Waals surface area contributed by atoms with E-state index in [2.05, 4.69) is 25.4 Å². The second-order valence-corrected chi connectivity index (χ2v) is 7.48. The van der Waals surface area contributed by atoms with Gasteiger partial charge in [0.15, 0.2) is 5.92 Å². The predicted molar refractivity (Wildman–Crippen MR) is 112 cm³/mol. The average molecular weight is 652 g/mol. The van der Waals surface area contributed by atoms with Gasteiger partial charge in [0, 0.05) is 1.43 Å². The Bertz CT molecular complexity index is 453. The molecule has 0 amide bonds. The third-order valence-corrected chi connectivity index (χ3v) is 4.96. The fourth-order valence-electron chi connectivity index (χ4n) is 2.89. The van der Waals surface area contributed by atoms with E-state index in [1.54, 1.807) is 0 Å². The van der Waals surface area contributed by atoms with Gasteiger partial charge in [0.25, 0.3) is 0 Å². The van der Waals surface area contributed by atoms with Crippen molar-refractivity contribution in [2.24, 2.45) is 11.8 Å². The first-order valence-electron chi connectivity index (χ1n) is 9.88. The molecule has 1 rings (SSSR count). The smallest absolute Gasteiger partial charge is 0.677 e. The molecule has 0 saturated heterocycles. The topological polar surface area (TPSA) is 175 Å². The average Bonchev–Trinajstić information content (AvgIpc) is 2.67. The maximum atomic E-state index is 10.6. The van der Waals surface area contributed by atoms with Gasteiger partial charge in [0.05, 0.1) is 19.6 Å². The van der Waals surface area contributed by atoms with Crippen molar-refractivity contribution in [1.29, 1.82) is 0 Å². The van der Waals surface area contributed by atoms with Gasteiger partial charge in [-0.3, -0.25) is 9.59 Å². The van der Waals surface area contributed by atoms with Crippen molar-refractivity contribution in [1.82, 2.24) is 0 Å². The Balaban J connectivity index is -0.000000128. The minimum Gasteiger partial charge on any atom is -0.677 e. The number of rotatable bonds is 10.